The van der Waals surface area contributed by atoms with Crippen LogP contribution in [-0.4, -0.2) is 43.0 Å². The van der Waals surface area contributed by atoms with E-state index in [1.165, 1.54) is 0 Å². The first-order valence-corrected chi connectivity index (χ1v) is 5.25. The lowest BCUT2D eigenvalue weighted by molar-refractivity contribution is -0.120. The summed E-state index contributed by atoms with van der Waals surface area (Å²) in [5.41, 5.74) is -0.350. The largest absolute Gasteiger partial charge is 0.380 e. The first-order valence-electron chi connectivity index (χ1n) is 5.25. The van der Waals surface area contributed by atoms with E-state index in [0.29, 0.717) is 5.92 Å². The molecule has 1 fully saturated rings. The van der Waals surface area contributed by atoms with Gasteiger partial charge in [0, 0.05) is 13.7 Å². The van der Waals surface area contributed by atoms with Crippen molar-refractivity contribution in [3.8, 4) is 0 Å². The van der Waals surface area contributed by atoms with Gasteiger partial charge in [0.2, 0.25) is 0 Å². The Bertz CT molecular complexity index is 203. The summed E-state index contributed by atoms with van der Waals surface area (Å²) < 4.78 is 5.42. The third kappa shape index (κ3) is 2.34. The lowest BCUT2D eigenvalue weighted by atomic mass is 9.92. The highest BCUT2D eigenvalue weighted by molar-refractivity contribution is 5.62. The molecule has 0 aromatic heterocycles. The van der Waals surface area contributed by atoms with Crippen molar-refractivity contribution in [1.29, 1.82) is 0 Å². The van der Waals surface area contributed by atoms with E-state index >= 15 is 0 Å². The Morgan fingerprint density at radius 2 is 2.14 bits per heavy atom. The van der Waals surface area contributed by atoms with E-state index in [-0.39, 0.29) is 11.6 Å². The summed E-state index contributed by atoms with van der Waals surface area (Å²) in [5.74, 6) is 0.596. The van der Waals surface area contributed by atoms with Crippen molar-refractivity contribution in [2.75, 3.05) is 20.2 Å². The normalized spacial score (nSPS) is 30.3. The Morgan fingerprint density at radius 3 is 2.64 bits per heavy atom. The number of nitrogens with zero attached hydrogens (tertiary/aromatic N) is 1. The van der Waals surface area contributed by atoms with Crippen LogP contribution in [0.25, 0.3) is 0 Å². The number of ether oxygens (including phenoxy) is 1. The van der Waals surface area contributed by atoms with E-state index in [2.05, 4.69) is 11.8 Å². The van der Waals surface area contributed by atoms with Crippen molar-refractivity contribution in [2.45, 2.75) is 38.8 Å². The molecule has 3 heteroatoms. The number of aldehydes is 1. The van der Waals surface area contributed by atoms with Crippen molar-refractivity contribution in [3.05, 3.63) is 0 Å². The van der Waals surface area contributed by atoms with E-state index < -0.39 is 0 Å². The van der Waals surface area contributed by atoms with Crippen LogP contribution in [0.1, 0.15) is 27.2 Å². The van der Waals surface area contributed by atoms with Gasteiger partial charge in [-0.3, -0.25) is 4.90 Å². The molecule has 3 nitrogen and oxygen atoms in total. The number of carbonyl (C=O) groups is 1. The molecule has 1 aliphatic heterocycles. The van der Waals surface area contributed by atoms with Gasteiger partial charge in [-0.25, -0.2) is 0 Å². The van der Waals surface area contributed by atoms with Crippen LogP contribution < -0.4 is 0 Å². The van der Waals surface area contributed by atoms with Crippen LogP contribution in [0.3, 0.4) is 0 Å². The van der Waals surface area contributed by atoms with E-state index in [1.54, 1.807) is 7.11 Å². The smallest absolute Gasteiger partial charge is 0.139 e. The molecule has 0 N–H and O–H groups in total. The molecule has 0 aromatic carbocycles. The summed E-state index contributed by atoms with van der Waals surface area (Å²) in [6.45, 7) is 7.99. The quantitative estimate of drug-likeness (QED) is 0.642. The van der Waals surface area contributed by atoms with Gasteiger partial charge in [0.05, 0.1) is 11.6 Å². The molecular weight excluding hydrogens is 178 g/mol. The summed E-state index contributed by atoms with van der Waals surface area (Å²) in [6, 6.07) is 0. The van der Waals surface area contributed by atoms with Gasteiger partial charge in [-0.1, -0.05) is 6.92 Å². The molecule has 0 aromatic rings. The van der Waals surface area contributed by atoms with Gasteiger partial charge in [0.25, 0.3) is 0 Å². The molecule has 1 rings (SSSR count). The zero-order valence-corrected chi connectivity index (χ0v) is 9.62. The van der Waals surface area contributed by atoms with Crippen molar-refractivity contribution in [3.63, 3.8) is 0 Å². The topological polar surface area (TPSA) is 29.5 Å². The number of hydrogen-bond donors (Lipinski definition) is 0. The summed E-state index contributed by atoms with van der Waals surface area (Å²) in [6.07, 6.45) is 2.40. The molecule has 0 radical (unpaired) electrons. The van der Waals surface area contributed by atoms with Gasteiger partial charge in [-0.05, 0) is 32.7 Å². The molecule has 1 saturated heterocycles. The van der Waals surface area contributed by atoms with Crippen LogP contribution in [0, 0.1) is 5.92 Å². The van der Waals surface area contributed by atoms with Gasteiger partial charge < -0.3 is 9.53 Å². The molecule has 0 saturated carbocycles. The van der Waals surface area contributed by atoms with Crippen LogP contribution in [0.2, 0.25) is 0 Å². The molecule has 2 unspecified atom stereocenters. The van der Waals surface area contributed by atoms with Crippen LogP contribution >= 0.6 is 0 Å². The Balaban J connectivity index is 2.62. The van der Waals surface area contributed by atoms with E-state index in [4.69, 9.17) is 4.74 Å². The second kappa shape index (κ2) is 4.41. The monoisotopic (exact) mass is 199 g/mol. The average Bonchev–Trinajstić information content (AvgIpc) is 2.18. The predicted octanol–water partition coefficient (Wildman–Crippen LogP) is 1.32. The zero-order valence-electron chi connectivity index (χ0n) is 9.62. The van der Waals surface area contributed by atoms with Crippen molar-refractivity contribution < 1.29 is 9.53 Å². The fraction of sp³-hybridized carbons (Fsp3) is 0.909. The van der Waals surface area contributed by atoms with E-state index in [9.17, 15) is 4.79 Å². The number of rotatable bonds is 3. The minimum Gasteiger partial charge on any atom is -0.380 e. The van der Waals surface area contributed by atoms with Gasteiger partial charge in [-0.15, -0.1) is 0 Å². The zero-order chi connectivity index (χ0) is 10.8. The Kier molecular flexibility index (Phi) is 3.67. The molecule has 0 spiro atoms. The van der Waals surface area contributed by atoms with Crippen molar-refractivity contribution in [1.82, 2.24) is 4.90 Å². The Labute approximate surface area is 86.4 Å². The van der Waals surface area contributed by atoms with Gasteiger partial charge in [0.15, 0.2) is 0 Å². The maximum atomic E-state index is 10.9. The second-order valence-electron chi connectivity index (χ2n) is 4.76. The third-order valence-corrected chi connectivity index (χ3v) is 3.30. The Hall–Kier alpha value is -0.410. The molecule has 14 heavy (non-hydrogen) atoms. The molecule has 0 bridgehead atoms. The summed E-state index contributed by atoms with van der Waals surface area (Å²) in [7, 11) is 1.75. The molecule has 1 heterocycles. The van der Waals surface area contributed by atoms with Gasteiger partial charge in [0.1, 0.15) is 6.29 Å². The molecule has 2 atom stereocenters. The molecule has 0 aliphatic carbocycles. The minimum absolute atomic E-state index is 0.267. The number of hydrogen-bond acceptors (Lipinski definition) is 3. The highest BCUT2D eigenvalue weighted by atomic mass is 16.5. The number of methoxy groups -OCH3 is 1. The lowest BCUT2D eigenvalue weighted by Gasteiger charge is -2.42. The maximum Gasteiger partial charge on any atom is 0.139 e. The summed E-state index contributed by atoms with van der Waals surface area (Å²) >= 11 is 0. The molecular formula is C11H21NO2. The summed E-state index contributed by atoms with van der Waals surface area (Å²) in [5, 5.41) is 0. The second-order valence-corrected chi connectivity index (χ2v) is 4.76. The highest BCUT2D eigenvalue weighted by Crippen LogP contribution is 2.24. The van der Waals surface area contributed by atoms with Crippen LogP contribution in [0.15, 0.2) is 0 Å². The van der Waals surface area contributed by atoms with Crippen LogP contribution in [-0.2, 0) is 9.53 Å². The average molecular weight is 199 g/mol. The molecule has 0 amide bonds. The SMILES string of the molecule is COC1CN(C(C)(C)C=O)CCC1C. The van der Waals surface area contributed by atoms with Gasteiger partial charge >= 0.3 is 0 Å². The third-order valence-electron chi connectivity index (χ3n) is 3.30. The molecule has 82 valence electrons. The fourth-order valence-electron chi connectivity index (χ4n) is 1.94. The first kappa shape index (κ1) is 11.7. The Morgan fingerprint density at radius 1 is 1.50 bits per heavy atom. The minimum atomic E-state index is -0.350. The van der Waals surface area contributed by atoms with Crippen LogP contribution in [0.5, 0.6) is 0 Å². The number of likely N-dealkylation sites (tertiary alicyclic amines) is 1. The standard InChI is InChI=1S/C11H21NO2/c1-9-5-6-12(7-10(9)14-4)11(2,3)8-13/h8-10H,5-7H2,1-4H3. The highest BCUT2D eigenvalue weighted by Gasteiger charge is 2.34. The maximum absolute atomic E-state index is 10.9. The summed E-state index contributed by atoms with van der Waals surface area (Å²) in [4.78, 5) is 13.1. The van der Waals surface area contributed by atoms with Crippen LogP contribution in [0.4, 0.5) is 0 Å². The van der Waals surface area contributed by atoms with Crippen molar-refractivity contribution in [2.24, 2.45) is 5.92 Å². The van der Waals surface area contributed by atoms with E-state index in [1.807, 2.05) is 13.8 Å². The lowest BCUT2D eigenvalue weighted by Crippen LogP contribution is -2.54. The predicted molar refractivity (Wildman–Crippen MR) is 56.3 cm³/mol. The fourth-order valence-corrected chi connectivity index (χ4v) is 1.94. The van der Waals surface area contributed by atoms with Gasteiger partial charge in [-0.2, -0.15) is 0 Å². The first-order chi connectivity index (χ1) is 6.51. The number of piperidine rings is 1. The number of carbonyl (C=O) groups excluding carboxylic acids is 1. The molecule has 1 aliphatic rings. The van der Waals surface area contributed by atoms with Crippen molar-refractivity contribution >= 4 is 6.29 Å². The van der Waals surface area contributed by atoms with E-state index in [0.717, 1.165) is 25.8 Å².